The molecule has 2 atom stereocenters. The van der Waals surface area contributed by atoms with Crippen LogP contribution in [0, 0.1) is 0 Å². The van der Waals surface area contributed by atoms with Gasteiger partial charge < -0.3 is 28.6 Å². The molecule has 0 aliphatic carbocycles. The van der Waals surface area contributed by atoms with Crippen LogP contribution in [0.25, 0.3) is 0 Å². The molecule has 0 radical (unpaired) electrons. The molecule has 8 heteroatoms. The predicted molar refractivity (Wildman–Crippen MR) is 167 cm³/mol. The summed E-state index contributed by atoms with van der Waals surface area (Å²) in [5.74, 6) is -1.80. The van der Waals surface area contributed by atoms with Crippen molar-refractivity contribution in [2.75, 3.05) is 41.0 Å². The molecule has 0 saturated heterocycles. The number of esters is 2. The fourth-order valence-electron chi connectivity index (χ4n) is 4.73. The maximum absolute atomic E-state index is 12.5. The molecule has 0 amide bonds. The number of quaternary nitrogens is 1. The van der Waals surface area contributed by atoms with E-state index in [1.165, 1.54) is 64.2 Å². The number of carbonyl (C=O) groups is 3. The van der Waals surface area contributed by atoms with Crippen LogP contribution in [-0.2, 0) is 28.6 Å². The van der Waals surface area contributed by atoms with Crippen LogP contribution in [0.1, 0.15) is 136 Å². The van der Waals surface area contributed by atoms with E-state index in [0.717, 1.165) is 32.1 Å². The maximum atomic E-state index is 12.5. The molecule has 2 unspecified atom stereocenters. The molecule has 0 aromatic carbocycles. The van der Waals surface area contributed by atoms with Gasteiger partial charge in [-0.25, -0.2) is 0 Å². The van der Waals surface area contributed by atoms with Crippen LogP contribution in [0.3, 0.4) is 0 Å². The smallest absolute Gasteiger partial charge is 0.306 e. The van der Waals surface area contributed by atoms with Crippen LogP contribution < -0.4 is 5.11 Å². The average Bonchev–Trinajstić information content (AvgIpc) is 2.92. The molecule has 0 aromatic rings. The van der Waals surface area contributed by atoms with Crippen LogP contribution in [0.15, 0.2) is 12.2 Å². The van der Waals surface area contributed by atoms with Gasteiger partial charge in [-0.05, 0) is 25.7 Å². The second-order valence-electron chi connectivity index (χ2n) is 12.4. The lowest BCUT2D eigenvalue weighted by Crippen LogP contribution is -2.55. The molecule has 0 bridgehead atoms. The van der Waals surface area contributed by atoms with Crippen molar-refractivity contribution in [1.82, 2.24) is 0 Å². The van der Waals surface area contributed by atoms with Gasteiger partial charge in [-0.1, -0.05) is 103 Å². The fourth-order valence-corrected chi connectivity index (χ4v) is 4.73. The minimum Gasteiger partial charge on any atom is -0.544 e. The second kappa shape index (κ2) is 26.7. The first kappa shape index (κ1) is 40.1. The molecule has 0 aromatic heterocycles. The Morgan fingerprint density at radius 3 is 1.81 bits per heavy atom. The SMILES string of the molecule is CCCCC/C=C/CCC(=O)OCC(COCCC(C(=O)[O-])[N+](C)(C)C)OC(=O)CCCCCCCCCCCCC. The number of nitrogens with zero attached hydrogens (tertiary/aromatic N) is 1. The molecule has 0 heterocycles. The summed E-state index contributed by atoms with van der Waals surface area (Å²) in [5, 5.41) is 11.5. The van der Waals surface area contributed by atoms with Gasteiger partial charge in [-0.3, -0.25) is 9.59 Å². The lowest BCUT2D eigenvalue weighted by Gasteiger charge is -2.34. The summed E-state index contributed by atoms with van der Waals surface area (Å²) in [4.78, 5) is 36.3. The van der Waals surface area contributed by atoms with Gasteiger partial charge in [0.05, 0.1) is 40.3 Å². The number of carbonyl (C=O) groups excluding carboxylic acids is 3. The molecule has 42 heavy (non-hydrogen) atoms. The summed E-state index contributed by atoms with van der Waals surface area (Å²) in [6.45, 7) is 4.52. The van der Waals surface area contributed by atoms with Crippen LogP contribution in [0.2, 0.25) is 0 Å². The van der Waals surface area contributed by atoms with Gasteiger partial charge in [0.25, 0.3) is 0 Å². The average molecular weight is 598 g/mol. The number of rotatable bonds is 29. The molecule has 0 aliphatic heterocycles. The van der Waals surface area contributed by atoms with Crippen molar-refractivity contribution >= 4 is 17.9 Å². The quantitative estimate of drug-likeness (QED) is 0.0432. The molecule has 0 spiro atoms. The highest BCUT2D eigenvalue weighted by atomic mass is 16.6. The molecular weight excluding hydrogens is 534 g/mol. The number of unbranched alkanes of at least 4 members (excludes halogenated alkanes) is 13. The zero-order chi connectivity index (χ0) is 31.5. The zero-order valence-corrected chi connectivity index (χ0v) is 27.7. The topological polar surface area (TPSA) is 102 Å². The Kier molecular flexibility index (Phi) is 25.5. The van der Waals surface area contributed by atoms with Crippen molar-refractivity contribution in [2.24, 2.45) is 0 Å². The van der Waals surface area contributed by atoms with Gasteiger partial charge in [0, 0.05) is 19.3 Å². The van der Waals surface area contributed by atoms with Gasteiger partial charge >= 0.3 is 11.9 Å². The number of allylic oxidation sites excluding steroid dienone is 2. The minimum absolute atomic E-state index is 0.0333. The number of hydrogen-bond donors (Lipinski definition) is 0. The molecule has 0 aliphatic rings. The highest BCUT2D eigenvalue weighted by Gasteiger charge is 2.25. The third-order valence-electron chi connectivity index (χ3n) is 7.42. The summed E-state index contributed by atoms with van der Waals surface area (Å²) in [6.07, 6.45) is 22.6. The first-order valence-electron chi connectivity index (χ1n) is 16.7. The molecular formula is C34H63NO7. The number of carboxylic acid groups (broad SMARTS) is 1. The van der Waals surface area contributed by atoms with E-state index in [9.17, 15) is 19.5 Å². The van der Waals surface area contributed by atoms with Crippen molar-refractivity contribution in [1.29, 1.82) is 0 Å². The van der Waals surface area contributed by atoms with Crippen molar-refractivity contribution in [3.8, 4) is 0 Å². The summed E-state index contributed by atoms with van der Waals surface area (Å²) < 4.78 is 16.9. The molecule has 0 rings (SSSR count). The van der Waals surface area contributed by atoms with Crippen LogP contribution >= 0.6 is 0 Å². The minimum atomic E-state index is -1.13. The van der Waals surface area contributed by atoms with E-state index < -0.39 is 18.1 Å². The van der Waals surface area contributed by atoms with Gasteiger partial charge in [-0.2, -0.15) is 0 Å². The first-order valence-corrected chi connectivity index (χ1v) is 16.7. The Bertz CT molecular complexity index is 717. The van der Waals surface area contributed by atoms with Crippen LogP contribution in [0.4, 0.5) is 0 Å². The molecule has 0 N–H and O–H groups in total. The highest BCUT2D eigenvalue weighted by Crippen LogP contribution is 2.13. The first-order chi connectivity index (χ1) is 20.1. The van der Waals surface area contributed by atoms with Crippen LogP contribution in [-0.4, -0.2) is 75.5 Å². The standard InChI is InChI=1S/C34H63NO7/c1-6-8-10-12-14-15-16-17-19-21-23-25-33(37)42-30(28-40-27-26-31(34(38)39)35(3,4)5)29-41-32(36)24-22-20-18-13-11-9-7-2/h18,20,30-31H,6-17,19,21-29H2,1-5H3/b20-18+. The summed E-state index contributed by atoms with van der Waals surface area (Å²) >= 11 is 0. The second-order valence-corrected chi connectivity index (χ2v) is 12.4. The van der Waals surface area contributed by atoms with Gasteiger partial charge in [-0.15, -0.1) is 0 Å². The monoisotopic (exact) mass is 597 g/mol. The van der Waals surface area contributed by atoms with E-state index in [2.05, 4.69) is 19.9 Å². The Morgan fingerprint density at radius 1 is 0.690 bits per heavy atom. The normalized spacial score (nSPS) is 13.3. The lowest BCUT2D eigenvalue weighted by atomic mass is 10.1. The maximum Gasteiger partial charge on any atom is 0.306 e. The Labute approximate surface area is 257 Å². The van der Waals surface area contributed by atoms with Crippen molar-refractivity contribution in [3.05, 3.63) is 12.2 Å². The van der Waals surface area contributed by atoms with Crippen LogP contribution in [0.5, 0.6) is 0 Å². The Balaban J connectivity index is 4.51. The van der Waals surface area contributed by atoms with E-state index in [1.54, 1.807) is 21.1 Å². The summed E-state index contributed by atoms with van der Waals surface area (Å²) in [7, 11) is 5.37. The van der Waals surface area contributed by atoms with Gasteiger partial charge in [0.15, 0.2) is 6.10 Å². The molecule has 8 nitrogen and oxygen atoms in total. The number of aliphatic carboxylic acids is 1. The van der Waals surface area contributed by atoms with E-state index in [-0.39, 0.29) is 49.1 Å². The van der Waals surface area contributed by atoms with Gasteiger partial charge in [0.1, 0.15) is 12.6 Å². The largest absolute Gasteiger partial charge is 0.544 e. The predicted octanol–water partition coefficient (Wildman–Crippen LogP) is 6.29. The molecule has 0 saturated carbocycles. The van der Waals surface area contributed by atoms with Crippen molar-refractivity contribution in [2.45, 2.75) is 148 Å². The number of ether oxygens (including phenoxy) is 3. The van der Waals surface area contributed by atoms with Gasteiger partial charge in [0.2, 0.25) is 0 Å². The van der Waals surface area contributed by atoms with Crippen molar-refractivity contribution in [3.63, 3.8) is 0 Å². The van der Waals surface area contributed by atoms with E-state index in [4.69, 9.17) is 14.2 Å². The zero-order valence-electron chi connectivity index (χ0n) is 27.7. The Morgan fingerprint density at radius 2 is 1.24 bits per heavy atom. The van der Waals surface area contributed by atoms with E-state index >= 15 is 0 Å². The molecule has 0 fully saturated rings. The molecule has 246 valence electrons. The van der Waals surface area contributed by atoms with E-state index in [0.29, 0.717) is 12.8 Å². The number of likely N-dealkylation sites (N-methyl/N-ethyl adjacent to an activating group) is 1. The van der Waals surface area contributed by atoms with E-state index in [1.807, 2.05) is 6.08 Å². The third kappa shape index (κ3) is 24.6. The Hall–Kier alpha value is -1.93. The van der Waals surface area contributed by atoms with Crippen molar-refractivity contribution < 1.29 is 38.2 Å². The highest BCUT2D eigenvalue weighted by molar-refractivity contribution is 5.70. The number of carboxylic acids is 1. The number of hydrogen-bond acceptors (Lipinski definition) is 7. The lowest BCUT2D eigenvalue weighted by molar-refractivity contribution is -0.889. The fraction of sp³-hybridized carbons (Fsp3) is 0.853. The third-order valence-corrected chi connectivity index (χ3v) is 7.42. The summed E-state index contributed by atoms with van der Waals surface area (Å²) in [5.41, 5.74) is 0. The summed E-state index contributed by atoms with van der Waals surface area (Å²) in [6, 6.07) is -0.722.